The lowest BCUT2D eigenvalue weighted by Crippen LogP contribution is -2.76. The molecule has 1 unspecified atom stereocenters. The lowest BCUT2D eigenvalue weighted by molar-refractivity contribution is -0.211. The van der Waals surface area contributed by atoms with Crippen LogP contribution in [0.5, 0.6) is 0 Å². The van der Waals surface area contributed by atoms with Gasteiger partial charge < -0.3 is 16.0 Å². The fraction of sp³-hybridized carbons (Fsp3) is 0.520. The molecule has 10 heteroatoms. The summed E-state index contributed by atoms with van der Waals surface area (Å²) in [5.41, 5.74) is 7.81. The number of fused-ring (bicyclic) bond motifs is 1. The van der Waals surface area contributed by atoms with Crippen molar-refractivity contribution in [2.75, 3.05) is 12.4 Å². The predicted molar refractivity (Wildman–Crippen MR) is 134 cm³/mol. The fourth-order valence-electron chi connectivity index (χ4n) is 6.25. The zero-order valence-corrected chi connectivity index (χ0v) is 21.5. The minimum absolute atomic E-state index is 0. The molecule has 4 aliphatic rings. The highest BCUT2D eigenvalue weighted by molar-refractivity contribution is 5.87. The topological polar surface area (TPSA) is 71.2 Å². The summed E-state index contributed by atoms with van der Waals surface area (Å²) >= 11 is 0. The van der Waals surface area contributed by atoms with Gasteiger partial charge in [-0.2, -0.15) is 13.2 Å². The van der Waals surface area contributed by atoms with Gasteiger partial charge in [0.05, 0.1) is 23.0 Å². The number of anilines is 1. The van der Waals surface area contributed by atoms with E-state index in [1.165, 1.54) is 30.4 Å². The summed E-state index contributed by atoms with van der Waals surface area (Å²) in [7, 11) is 1.22. The van der Waals surface area contributed by atoms with Gasteiger partial charge in [0, 0.05) is 24.0 Å². The average molecular weight is 531 g/mol. The van der Waals surface area contributed by atoms with Gasteiger partial charge in [-0.1, -0.05) is 38.1 Å². The minimum atomic E-state index is -4.63. The van der Waals surface area contributed by atoms with Crippen LogP contribution in [0.15, 0.2) is 42.6 Å². The van der Waals surface area contributed by atoms with E-state index in [0.29, 0.717) is 24.9 Å². The van der Waals surface area contributed by atoms with Crippen LogP contribution in [-0.4, -0.2) is 40.6 Å². The number of amides is 1. The summed E-state index contributed by atoms with van der Waals surface area (Å²) in [6, 6.07) is 9.27. The summed E-state index contributed by atoms with van der Waals surface area (Å²) in [5.74, 6) is -0.494. The number of benzene rings is 1. The molecule has 3 saturated carbocycles. The van der Waals surface area contributed by atoms with Crippen molar-refractivity contribution in [1.82, 2.24) is 9.88 Å². The Balaban J connectivity index is 0.00000171. The number of hydrogen-bond donors (Lipinski definition) is 2. The number of nitrogens with one attached hydrogen (secondary N) is 1. The van der Waals surface area contributed by atoms with E-state index in [0.717, 1.165) is 11.3 Å². The molecule has 1 aromatic heterocycles. The Kier molecular flexibility index (Phi) is 6.94. The highest BCUT2D eigenvalue weighted by Gasteiger charge is 2.71. The second-order valence-corrected chi connectivity index (χ2v) is 10.8. The van der Waals surface area contributed by atoms with Gasteiger partial charge in [0.2, 0.25) is 5.91 Å². The largest absolute Gasteiger partial charge is 0.414 e. The maximum Gasteiger partial charge on any atom is 0.414 e. The van der Waals surface area contributed by atoms with Crippen LogP contribution < -0.4 is 11.1 Å². The van der Waals surface area contributed by atoms with Crippen LogP contribution in [0.2, 0.25) is 0 Å². The molecule has 3 N–H and O–H groups in total. The first-order valence-electron chi connectivity index (χ1n) is 11.3. The number of carbonyl (C=O) groups is 1. The van der Waals surface area contributed by atoms with Crippen LogP contribution in [0.4, 0.5) is 18.9 Å². The van der Waals surface area contributed by atoms with Crippen LogP contribution in [0.25, 0.3) is 0 Å². The monoisotopic (exact) mass is 530 g/mol. The Morgan fingerprint density at radius 1 is 1.14 bits per heavy atom. The van der Waals surface area contributed by atoms with Gasteiger partial charge in [-0.25, -0.2) is 0 Å². The lowest BCUT2D eigenvalue weighted by Gasteiger charge is -2.68. The molecule has 1 amide bonds. The number of rotatable bonds is 5. The lowest BCUT2D eigenvalue weighted by atomic mass is 9.39. The van der Waals surface area contributed by atoms with E-state index < -0.39 is 23.5 Å². The number of hydrogen-bond acceptors (Lipinski definition) is 4. The van der Waals surface area contributed by atoms with Gasteiger partial charge in [-0.05, 0) is 48.9 Å². The molecule has 0 saturated heterocycles. The molecule has 2 atom stereocenters. The van der Waals surface area contributed by atoms with E-state index in [-0.39, 0.29) is 47.5 Å². The maximum atomic E-state index is 14.0. The van der Waals surface area contributed by atoms with Crippen molar-refractivity contribution in [3.8, 4) is 0 Å². The van der Waals surface area contributed by atoms with Crippen LogP contribution in [0.3, 0.4) is 0 Å². The third kappa shape index (κ3) is 4.38. The summed E-state index contributed by atoms with van der Waals surface area (Å²) in [5, 5.41) is 3.45. The molecule has 1 aromatic carbocycles. The first-order chi connectivity index (χ1) is 15.3. The summed E-state index contributed by atoms with van der Waals surface area (Å²) in [4.78, 5) is 17.8. The molecule has 2 aromatic rings. The van der Waals surface area contributed by atoms with E-state index in [4.69, 9.17) is 5.73 Å². The number of halogens is 5. The van der Waals surface area contributed by atoms with Crippen molar-refractivity contribution in [3.63, 3.8) is 0 Å². The van der Waals surface area contributed by atoms with Crippen LogP contribution in [-0.2, 0) is 16.6 Å². The number of alkyl halides is 3. The smallest absolute Gasteiger partial charge is 0.380 e. The predicted octanol–water partition coefficient (Wildman–Crippen LogP) is 5.18. The molecule has 3 fully saturated rings. The number of nitrogens with two attached hydrogens (primary N) is 1. The molecular weight excluding hydrogens is 500 g/mol. The number of nitrogens with zero attached hydrogens (tertiary/aromatic N) is 2. The third-order valence-electron chi connectivity index (χ3n) is 7.96. The molecule has 5 nitrogen and oxygen atoms in total. The molecule has 4 aliphatic carbocycles. The first kappa shape index (κ1) is 27.6. The van der Waals surface area contributed by atoms with Crippen molar-refractivity contribution in [2.45, 2.75) is 68.7 Å². The summed E-state index contributed by atoms with van der Waals surface area (Å²) in [6.45, 7) is 4.32. The van der Waals surface area contributed by atoms with Gasteiger partial charge in [0.15, 0.2) is 6.04 Å². The zero-order valence-electron chi connectivity index (χ0n) is 19.9. The molecule has 192 valence electrons. The van der Waals surface area contributed by atoms with E-state index in [2.05, 4.69) is 36.3 Å². The third-order valence-corrected chi connectivity index (χ3v) is 7.96. The van der Waals surface area contributed by atoms with Gasteiger partial charge in [0.25, 0.3) is 0 Å². The van der Waals surface area contributed by atoms with E-state index in [1.54, 1.807) is 6.07 Å². The first-order valence-corrected chi connectivity index (χ1v) is 11.3. The molecule has 35 heavy (non-hydrogen) atoms. The van der Waals surface area contributed by atoms with Crippen LogP contribution in [0, 0.1) is 5.41 Å². The van der Waals surface area contributed by atoms with E-state index >= 15 is 0 Å². The Labute approximate surface area is 215 Å². The van der Waals surface area contributed by atoms with Crippen molar-refractivity contribution in [1.29, 1.82) is 0 Å². The number of pyridine rings is 1. The van der Waals surface area contributed by atoms with Crippen LogP contribution in [0.1, 0.15) is 56.0 Å². The standard InChI is InChI=1S/C25H29F3N4O.2ClH/c1-22(2)17-7-5-4-6-15(17)10-19(22)31-16-8-9-18(30-11-16)20(25(26,27)28)32(3)21(33)23-12-24(29,13-23)14-23;;/h4-9,11,19-20,31H,10,12-14,29H2,1-3H3;2*1H/t19?,20-,23?,24?;;/m0../s1. The zero-order chi connectivity index (χ0) is 23.8. The van der Waals surface area contributed by atoms with Gasteiger partial charge >= 0.3 is 6.18 Å². The molecule has 0 spiro atoms. The highest BCUT2D eigenvalue weighted by Crippen LogP contribution is 2.66. The van der Waals surface area contributed by atoms with Crippen LogP contribution >= 0.6 is 24.8 Å². The molecule has 0 aliphatic heterocycles. The van der Waals surface area contributed by atoms with Gasteiger partial charge in [-0.15, -0.1) is 24.8 Å². The minimum Gasteiger partial charge on any atom is -0.380 e. The fourth-order valence-corrected chi connectivity index (χ4v) is 6.25. The van der Waals surface area contributed by atoms with Gasteiger partial charge in [-0.3, -0.25) is 9.78 Å². The number of aromatic nitrogens is 1. The Hall–Kier alpha value is -2.03. The van der Waals surface area contributed by atoms with Crippen molar-refractivity contribution in [2.24, 2.45) is 11.1 Å². The SMILES string of the molecule is CN(C(=O)C12CC(N)(C1)C2)[C@@H](c1ccc(NC2Cc3ccccc3C2(C)C)cn1)C(F)(F)F.Cl.Cl. The van der Waals surface area contributed by atoms with Crippen molar-refractivity contribution >= 4 is 36.4 Å². The van der Waals surface area contributed by atoms with E-state index in [1.807, 2.05) is 12.1 Å². The second-order valence-electron chi connectivity index (χ2n) is 10.8. The second kappa shape index (κ2) is 8.82. The quantitative estimate of drug-likeness (QED) is 0.558. The van der Waals surface area contributed by atoms with Crippen molar-refractivity contribution in [3.05, 3.63) is 59.4 Å². The van der Waals surface area contributed by atoms with Gasteiger partial charge in [0.1, 0.15) is 0 Å². The Bertz CT molecular complexity index is 1090. The number of carbonyl (C=O) groups excluding carboxylic acids is 1. The average Bonchev–Trinajstić information content (AvgIpc) is 2.95. The van der Waals surface area contributed by atoms with Crippen molar-refractivity contribution < 1.29 is 18.0 Å². The molecular formula is C25H31Cl2F3N4O. The molecule has 1 heterocycles. The molecule has 6 rings (SSSR count). The maximum absolute atomic E-state index is 14.0. The highest BCUT2D eigenvalue weighted by atomic mass is 35.5. The molecule has 2 bridgehead atoms. The Morgan fingerprint density at radius 3 is 2.29 bits per heavy atom. The molecule has 0 radical (unpaired) electrons. The Morgan fingerprint density at radius 2 is 1.77 bits per heavy atom. The summed E-state index contributed by atoms with van der Waals surface area (Å²) < 4.78 is 42.1. The van der Waals surface area contributed by atoms with E-state index in [9.17, 15) is 18.0 Å². The summed E-state index contributed by atoms with van der Waals surface area (Å²) in [6.07, 6.45) is -0.985. The normalized spacial score (nSPS) is 28.3.